The van der Waals surface area contributed by atoms with Crippen LogP contribution in [0.2, 0.25) is 0 Å². The lowest BCUT2D eigenvalue weighted by Gasteiger charge is -2.11. The molecule has 1 fully saturated rings. The van der Waals surface area contributed by atoms with Gasteiger partial charge in [-0.25, -0.2) is 0 Å². The fourth-order valence-corrected chi connectivity index (χ4v) is 2.21. The minimum Gasteiger partial charge on any atom is -0.481 e. The van der Waals surface area contributed by atoms with Crippen LogP contribution in [0.4, 0.5) is 5.69 Å². The van der Waals surface area contributed by atoms with Crippen LogP contribution in [-0.4, -0.2) is 40.9 Å². The van der Waals surface area contributed by atoms with Gasteiger partial charge in [-0.15, -0.1) is 0 Å². The molecule has 1 aromatic rings. The highest BCUT2D eigenvalue weighted by Gasteiger charge is 2.50. The third kappa shape index (κ3) is 3.86. The van der Waals surface area contributed by atoms with Gasteiger partial charge in [0.2, 0.25) is 5.91 Å². The Balaban J connectivity index is 1.84. The van der Waals surface area contributed by atoms with Gasteiger partial charge in [0, 0.05) is 23.7 Å². The number of carbonyl (C=O) groups is 3. The minimum atomic E-state index is -0.937. The predicted molar refractivity (Wildman–Crippen MR) is 82.5 cm³/mol. The number of aliphatic carboxylic acids is 1. The van der Waals surface area contributed by atoms with Gasteiger partial charge in [0.1, 0.15) is 0 Å². The smallest absolute Gasteiger partial charge is 0.311 e. The van der Waals surface area contributed by atoms with E-state index in [1.54, 1.807) is 0 Å². The first kappa shape index (κ1) is 17.4. The number of carboxylic acids is 1. The van der Waals surface area contributed by atoms with E-state index in [1.807, 2.05) is 0 Å². The maximum absolute atomic E-state index is 11.9. The van der Waals surface area contributed by atoms with Gasteiger partial charge < -0.3 is 15.7 Å². The fourth-order valence-electron chi connectivity index (χ4n) is 2.21. The number of hydrogen-bond acceptors (Lipinski definition) is 5. The van der Waals surface area contributed by atoms with Gasteiger partial charge in [0.15, 0.2) is 0 Å². The topological polar surface area (TPSA) is 139 Å². The molecule has 128 valence electrons. The molecule has 0 spiro atoms. The zero-order valence-electron chi connectivity index (χ0n) is 13.0. The maximum atomic E-state index is 11.9. The summed E-state index contributed by atoms with van der Waals surface area (Å²) in [6, 6.07) is 3.91. The Morgan fingerprint density at radius 3 is 2.46 bits per heavy atom. The lowest BCUT2D eigenvalue weighted by molar-refractivity contribution is -0.385. The van der Waals surface area contributed by atoms with Crippen molar-refractivity contribution in [2.24, 2.45) is 5.41 Å². The van der Waals surface area contributed by atoms with Gasteiger partial charge in [-0.1, -0.05) is 0 Å². The Morgan fingerprint density at radius 2 is 1.96 bits per heavy atom. The van der Waals surface area contributed by atoms with Crippen LogP contribution in [0, 0.1) is 22.5 Å². The summed E-state index contributed by atoms with van der Waals surface area (Å²) < 4.78 is 0. The molecule has 0 aromatic heterocycles. The highest BCUT2D eigenvalue weighted by atomic mass is 16.6. The summed E-state index contributed by atoms with van der Waals surface area (Å²) in [5.41, 5.74) is -0.410. The van der Waals surface area contributed by atoms with Gasteiger partial charge in [0.25, 0.3) is 11.6 Å². The molecule has 2 amide bonds. The summed E-state index contributed by atoms with van der Waals surface area (Å²) in [7, 11) is 0. The number of amides is 2. The van der Waals surface area contributed by atoms with Crippen molar-refractivity contribution in [3.8, 4) is 0 Å². The molecule has 3 N–H and O–H groups in total. The van der Waals surface area contributed by atoms with Crippen molar-refractivity contribution in [1.29, 1.82) is 0 Å². The molecular weight excluding hydrogens is 318 g/mol. The van der Waals surface area contributed by atoms with Crippen molar-refractivity contribution in [1.82, 2.24) is 10.6 Å². The lowest BCUT2D eigenvalue weighted by atomic mass is 10.1. The van der Waals surface area contributed by atoms with Crippen LogP contribution in [-0.2, 0) is 9.59 Å². The number of nitrogens with one attached hydrogen (secondary N) is 2. The lowest BCUT2D eigenvalue weighted by Crippen LogP contribution is -2.40. The van der Waals surface area contributed by atoms with Crippen molar-refractivity contribution in [3.63, 3.8) is 0 Å². The van der Waals surface area contributed by atoms with E-state index in [4.69, 9.17) is 5.11 Å². The summed E-state index contributed by atoms with van der Waals surface area (Å²) in [5, 5.41) is 24.6. The number of nitrogens with zero attached hydrogens (tertiary/aromatic N) is 1. The third-order valence-electron chi connectivity index (χ3n) is 4.00. The van der Waals surface area contributed by atoms with Gasteiger partial charge in [-0.3, -0.25) is 24.5 Å². The van der Waals surface area contributed by atoms with E-state index in [9.17, 15) is 24.5 Å². The molecule has 0 saturated heterocycles. The minimum absolute atomic E-state index is 0.0354. The number of aryl methyl sites for hydroxylation is 1. The molecule has 9 nitrogen and oxygen atoms in total. The zero-order chi connectivity index (χ0) is 17.9. The van der Waals surface area contributed by atoms with Gasteiger partial charge in [-0.2, -0.15) is 0 Å². The van der Waals surface area contributed by atoms with Crippen LogP contribution >= 0.6 is 0 Å². The summed E-state index contributed by atoms with van der Waals surface area (Å²) in [6.07, 6.45) is 1.05. The first-order chi connectivity index (χ1) is 11.2. The number of rotatable bonds is 7. The fraction of sp³-hybridized carbons (Fsp3) is 0.400. The van der Waals surface area contributed by atoms with Crippen LogP contribution in [0.1, 0.15) is 28.8 Å². The quantitative estimate of drug-likeness (QED) is 0.493. The molecule has 24 heavy (non-hydrogen) atoms. The molecule has 1 saturated carbocycles. The molecule has 0 aliphatic heterocycles. The third-order valence-corrected chi connectivity index (χ3v) is 4.00. The van der Waals surface area contributed by atoms with E-state index in [1.165, 1.54) is 25.1 Å². The van der Waals surface area contributed by atoms with E-state index in [2.05, 4.69) is 10.6 Å². The van der Waals surface area contributed by atoms with Crippen molar-refractivity contribution >= 4 is 23.5 Å². The average molecular weight is 335 g/mol. The number of carboxylic acid groups (broad SMARTS) is 1. The molecule has 0 radical (unpaired) electrons. The van der Waals surface area contributed by atoms with Crippen LogP contribution in [0.5, 0.6) is 0 Å². The maximum Gasteiger partial charge on any atom is 0.311 e. The molecule has 2 rings (SSSR count). The second-order valence-electron chi connectivity index (χ2n) is 5.80. The Kier molecular flexibility index (Phi) is 4.82. The SMILES string of the molecule is Cc1cc(C(=O)NCC(=O)NCC2(C(=O)O)CC2)ccc1[N+](=O)[O-]. The van der Waals surface area contributed by atoms with Crippen molar-refractivity contribution < 1.29 is 24.4 Å². The Labute approximate surface area is 137 Å². The average Bonchev–Trinajstić information content (AvgIpc) is 3.31. The summed E-state index contributed by atoms with van der Waals surface area (Å²) in [4.78, 5) is 44.8. The van der Waals surface area contributed by atoms with Gasteiger partial charge in [0.05, 0.1) is 16.9 Å². The molecule has 1 aliphatic carbocycles. The van der Waals surface area contributed by atoms with Gasteiger partial charge in [-0.05, 0) is 31.9 Å². The van der Waals surface area contributed by atoms with Crippen molar-refractivity contribution in [3.05, 3.63) is 39.4 Å². The van der Waals surface area contributed by atoms with Crippen molar-refractivity contribution in [2.75, 3.05) is 13.1 Å². The molecule has 0 unspecified atom stereocenters. The Hall–Kier alpha value is -2.97. The van der Waals surface area contributed by atoms with E-state index in [0.29, 0.717) is 18.4 Å². The van der Waals surface area contributed by atoms with E-state index in [-0.39, 0.29) is 24.3 Å². The molecule has 1 aromatic carbocycles. The summed E-state index contributed by atoms with van der Waals surface area (Å²) >= 11 is 0. The Bertz CT molecular complexity index is 711. The highest BCUT2D eigenvalue weighted by molar-refractivity contribution is 5.97. The zero-order valence-corrected chi connectivity index (χ0v) is 13.0. The molecule has 0 bridgehead atoms. The largest absolute Gasteiger partial charge is 0.481 e. The molecule has 0 heterocycles. The second-order valence-corrected chi connectivity index (χ2v) is 5.80. The first-order valence-electron chi connectivity index (χ1n) is 7.28. The molecule has 1 aliphatic rings. The standard InChI is InChI=1S/C15H17N3O6/c1-9-6-10(2-3-11(9)18(23)24)13(20)16-7-12(19)17-8-15(4-5-15)14(21)22/h2-3,6H,4-5,7-8H2,1H3,(H,16,20)(H,17,19)(H,21,22). The number of carbonyl (C=O) groups excluding carboxylic acids is 2. The van der Waals surface area contributed by atoms with Crippen molar-refractivity contribution in [2.45, 2.75) is 19.8 Å². The van der Waals surface area contributed by atoms with Crippen LogP contribution in [0.25, 0.3) is 0 Å². The summed E-state index contributed by atoms with van der Waals surface area (Å²) in [5.74, 6) is -1.97. The Morgan fingerprint density at radius 1 is 1.29 bits per heavy atom. The first-order valence-corrected chi connectivity index (χ1v) is 7.28. The number of nitro benzene ring substituents is 1. The van der Waals surface area contributed by atoms with Crippen LogP contribution < -0.4 is 10.6 Å². The second kappa shape index (κ2) is 6.65. The van der Waals surface area contributed by atoms with E-state index in [0.717, 1.165) is 0 Å². The monoisotopic (exact) mass is 335 g/mol. The molecule has 0 atom stereocenters. The van der Waals surface area contributed by atoms with E-state index < -0.39 is 28.1 Å². The highest BCUT2D eigenvalue weighted by Crippen LogP contribution is 2.45. The van der Waals surface area contributed by atoms with Crippen LogP contribution in [0.3, 0.4) is 0 Å². The number of hydrogen-bond donors (Lipinski definition) is 3. The predicted octanol–water partition coefficient (Wildman–Crippen LogP) is 0.614. The normalized spacial score (nSPS) is 14.5. The van der Waals surface area contributed by atoms with E-state index >= 15 is 0 Å². The van der Waals surface area contributed by atoms with Crippen LogP contribution in [0.15, 0.2) is 18.2 Å². The van der Waals surface area contributed by atoms with Gasteiger partial charge >= 0.3 is 5.97 Å². The molecular formula is C15H17N3O6. The molecule has 9 heteroatoms. The number of benzene rings is 1. The number of nitro groups is 1. The summed E-state index contributed by atoms with van der Waals surface area (Å²) in [6.45, 7) is 1.25.